The molecule has 2 rings (SSSR count). The standard InChI is InChI=1S/C14H15NO/c15-14(10-16)13-8-6-12(7-9-13)11-4-2-1-3-5-11/h1-9,14,16H,10,15H2/t14-/m1/s1. The minimum Gasteiger partial charge on any atom is -0.394 e. The molecule has 0 unspecified atom stereocenters. The van der Waals surface area contributed by atoms with E-state index in [1.54, 1.807) is 0 Å². The molecule has 0 fully saturated rings. The Morgan fingerprint density at radius 2 is 1.44 bits per heavy atom. The van der Waals surface area contributed by atoms with Crippen LogP contribution in [0.4, 0.5) is 0 Å². The molecule has 0 aliphatic heterocycles. The third kappa shape index (κ3) is 2.30. The summed E-state index contributed by atoms with van der Waals surface area (Å²) in [6.07, 6.45) is 0. The third-order valence-corrected chi connectivity index (χ3v) is 2.64. The number of benzene rings is 2. The Morgan fingerprint density at radius 3 is 2.00 bits per heavy atom. The summed E-state index contributed by atoms with van der Waals surface area (Å²) < 4.78 is 0. The third-order valence-electron chi connectivity index (χ3n) is 2.64. The lowest BCUT2D eigenvalue weighted by Crippen LogP contribution is -2.14. The van der Waals surface area contributed by atoms with Crippen LogP contribution in [0.25, 0.3) is 11.1 Å². The van der Waals surface area contributed by atoms with Crippen LogP contribution in [-0.4, -0.2) is 11.7 Å². The number of aliphatic hydroxyl groups excluding tert-OH is 1. The van der Waals surface area contributed by atoms with E-state index in [2.05, 4.69) is 12.1 Å². The molecule has 0 saturated heterocycles. The summed E-state index contributed by atoms with van der Waals surface area (Å²) in [5, 5.41) is 8.95. The van der Waals surface area contributed by atoms with E-state index in [0.717, 1.165) is 11.1 Å². The lowest BCUT2D eigenvalue weighted by Gasteiger charge is -2.09. The molecule has 2 nitrogen and oxygen atoms in total. The molecule has 0 radical (unpaired) electrons. The van der Waals surface area contributed by atoms with E-state index in [1.807, 2.05) is 42.5 Å². The van der Waals surface area contributed by atoms with Crippen molar-refractivity contribution in [2.75, 3.05) is 6.61 Å². The van der Waals surface area contributed by atoms with E-state index in [1.165, 1.54) is 5.56 Å². The molecule has 0 bridgehead atoms. The summed E-state index contributed by atoms with van der Waals surface area (Å²) in [4.78, 5) is 0. The predicted molar refractivity (Wildman–Crippen MR) is 65.9 cm³/mol. The smallest absolute Gasteiger partial charge is 0.0624 e. The van der Waals surface area contributed by atoms with Crippen molar-refractivity contribution in [2.45, 2.75) is 6.04 Å². The van der Waals surface area contributed by atoms with Gasteiger partial charge in [0, 0.05) is 0 Å². The first-order chi connectivity index (χ1) is 7.81. The first-order valence-electron chi connectivity index (χ1n) is 5.33. The molecule has 16 heavy (non-hydrogen) atoms. The fraction of sp³-hybridized carbons (Fsp3) is 0.143. The van der Waals surface area contributed by atoms with Gasteiger partial charge in [-0.05, 0) is 16.7 Å². The summed E-state index contributed by atoms with van der Waals surface area (Å²) in [6, 6.07) is 17.9. The number of aliphatic hydroxyl groups is 1. The predicted octanol–water partition coefficient (Wildman–Crippen LogP) is 2.35. The first-order valence-corrected chi connectivity index (χ1v) is 5.33. The molecule has 3 N–H and O–H groups in total. The second-order valence-electron chi connectivity index (χ2n) is 3.78. The molecule has 0 spiro atoms. The number of hydrogen-bond donors (Lipinski definition) is 2. The van der Waals surface area contributed by atoms with Gasteiger partial charge >= 0.3 is 0 Å². The van der Waals surface area contributed by atoms with Gasteiger partial charge in [-0.25, -0.2) is 0 Å². The lowest BCUT2D eigenvalue weighted by atomic mass is 10.0. The number of rotatable bonds is 3. The summed E-state index contributed by atoms with van der Waals surface area (Å²) in [5.74, 6) is 0. The molecule has 2 aromatic carbocycles. The van der Waals surface area contributed by atoms with Gasteiger partial charge in [0.25, 0.3) is 0 Å². The van der Waals surface area contributed by atoms with Crippen LogP contribution >= 0.6 is 0 Å². The zero-order valence-corrected chi connectivity index (χ0v) is 9.01. The Hall–Kier alpha value is -1.64. The monoisotopic (exact) mass is 213 g/mol. The summed E-state index contributed by atoms with van der Waals surface area (Å²) in [5.41, 5.74) is 9.04. The highest BCUT2D eigenvalue weighted by Crippen LogP contribution is 2.20. The Balaban J connectivity index is 2.26. The van der Waals surface area contributed by atoms with Crippen molar-refractivity contribution in [3.63, 3.8) is 0 Å². The van der Waals surface area contributed by atoms with Crippen LogP contribution < -0.4 is 5.73 Å². The van der Waals surface area contributed by atoms with Crippen LogP contribution in [0.2, 0.25) is 0 Å². The highest BCUT2D eigenvalue weighted by atomic mass is 16.3. The van der Waals surface area contributed by atoms with Crippen LogP contribution in [0.1, 0.15) is 11.6 Å². The molecule has 82 valence electrons. The second-order valence-corrected chi connectivity index (χ2v) is 3.78. The van der Waals surface area contributed by atoms with Crippen molar-refractivity contribution in [3.8, 4) is 11.1 Å². The Labute approximate surface area is 95.4 Å². The van der Waals surface area contributed by atoms with Gasteiger partial charge in [-0.2, -0.15) is 0 Å². The van der Waals surface area contributed by atoms with Crippen molar-refractivity contribution in [1.82, 2.24) is 0 Å². The van der Waals surface area contributed by atoms with Crippen LogP contribution in [0, 0.1) is 0 Å². The Bertz CT molecular complexity index is 436. The van der Waals surface area contributed by atoms with E-state index in [4.69, 9.17) is 10.8 Å². The van der Waals surface area contributed by atoms with Crippen molar-refractivity contribution in [2.24, 2.45) is 5.73 Å². The van der Waals surface area contributed by atoms with Gasteiger partial charge in [0.2, 0.25) is 0 Å². The van der Waals surface area contributed by atoms with Crippen LogP contribution in [0.15, 0.2) is 54.6 Å². The van der Waals surface area contributed by atoms with E-state index in [9.17, 15) is 0 Å². The highest BCUT2D eigenvalue weighted by molar-refractivity contribution is 5.63. The average Bonchev–Trinajstić information content (AvgIpc) is 2.39. The van der Waals surface area contributed by atoms with Crippen LogP contribution in [0.5, 0.6) is 0 Å². The maximum atomic E-state index is 8.95. The second kappa shape index (κ2) is 4.92. The van der Waals surface area contributed by atoms with Crippen molar-refractivity contribution >= 4 is 0 Å². The quantitative estimate of drug-likeness (QED) is 0.822. The summed E-state index contributed by atoms with van der Waals surface area (Å²) in [7, 11) is 0. The molecule has 2 heteroatoms. The average molecular weight is 213 g/mol. The molecular weight excluding hydrogens is 198 g/mol. The molecule has 0 aromatic heterocycles. The van der Waals surface area contributed by atoms with Crippen molar-refractivity contribution in [1.29, 1.82) is 0 Å². The Kier molecular flexibility index (Phi) is 3.34. The van der Waals surface area contributed by atoms with Crippen molar-refractivity contribution in [3.05, 3.63) is 60.2 Å². The molecular formula is C14H15NO. The van der Waals surface area contributed by atoms with E-state index < -0.39 is 0 Å². The van der Waals surface area contributed by atoms with Gasteiger partial charge in [-0.15, -0.1) is 0 Å². The van der Waals surface area contributed by atoms with Gasteiger partial charge < -0.3 is 10.8 Å². The van der Waals surface area contributed by atoms with Gasteiger partial charge in [0.05, 0.1) is 12.6 Å². The largest absolute Gasteiger partial charge is 0.394 e. The Morgan fingerprint density at radius 1 is 0.875 bits per heavy atom. The maximum absolute atomic E-state index is 8.95. The zero-order valence-electron chi connectivity index (χ0n) is 9.01. The fourth-order valence-electron chi connectivity index (χ4n) is 1.66. The van der Waals surface area contributed by atoms with E-state index >= 15 is 0 Å². The van der Waals surface area contributed by atoms with Crippen LogP contribution in [-0.2, 0) is 0 Å². The van der Waals surface area contributed by atoms with E-state index in [0.29, 0.717) is 0 Å². The number of nitrogens with two attached hydrogens (primary N) is 1. The first kappa shape index (κ1) is 10.9. The zero-order chi connectivity index (χ0) is 11.4. The van der Waals surface area contributed by atoms with Crippen LogP contribution in [0.3, 0.4) is 0 Å². The highest BCUT2D eigenvalue weighted by Gasteiger charge is 2.03. The number of hydrogen-bond acceptors (Lipinski definition) is 2. The minimum atomic E-state index is -0.287. The molecule has 0 amide bonds. The maximum Gasteiger partial charge on any atom is 0.0624 e. The van der Waals surface area contributed by atoms with Gasteiger partial charge in [-0.1, -0.05) is 54.6 Å². The van der Waals surface area contributed by atoms with Gasteiger partial charge in [0.15, 0.2) is 0 Å². The summed E-state index contributed by atoms with van der Waals surface area (Å²) >= 11 is 0. The van der Waals surface area contributed by atoms with Gasteiger partial charge in [-0.3, -0.25) is 0 Å². The van der Waals surface area contributed by atoms with E-state index in [-0.39, 0.29) is 12.6 Å². The van der Waals surface area contributed by atoms with Crippen molar-refractivity contribution < 1.29 is 5.11 Å². The SMILES string of the molecule is N[C@H](CO)c1ccc(-c2ccccc2)cc1. The normalized spacial score (nSPS) is 12.4. The molecule has 0 saturated carbocycles. The molecule has 0 heterocycles. The summed E-state index contributed by atoms with van der Waals surface area (Å²) in [6.45, 7) is -0.0231. The lowest BCUT2D eigenvalue weighted by molar-refractivity contribution is 0.268. The molecule has 0 aliphatic carbocycles. The van der Waals surface area contributed by atoms with Gasteiger partial charge in [0.1, 0.15) is 0 Å². The molecule has 2 aromatic rings. The molecule has 0 aliphatic rings. The molecule has 1 atom stereocenters. The minimum absolute atomic E-state index is 0.0231. The fourth-order valence-corrected chi connectivity index (χ4v) is 1.66. The topological polar surface area (TPSA) is 46.2 Å².